The van der Waals surface area contributed by atoms with Crippen LogP contribution in [0.15, 0.2) is 46.3 Å². The number of carbonyl (C=O) groups excluding carboxylic acids is 1. The summed E-state index contributed by atoms with van der Waals surface area (Å²) in [7, 11) is 0. The fourth-order valence-electron chi connectivity index (χ4n) is 2.76. The molecule has 2 heterocycles. The van der Waals surface area contributed by atoms with Gasteiger partial charge in [0.1, 0.15) is 0 Å². The fourth-order valence-corrected chi connectivity index (χ4v) is 3.90. The van der Waals surface area contributed by atoms with E-state index in [0.717, 1.165) is 49.2 Å². The lowest BCUT2D eigenvalue weighted by molar-refractivity contribution is 0.0761. The van der Waals surface area contributed by atoms with Crippen LogP contribution in [0.25, 0.3) is 0 Å². The second-order valence-corrected chi connectivity index (χ2v) is 7.46. The molecule has 1 saturated heterocycles. The first-order chi connectivity index (χ1) is 10.7. The Kier molecular flexibility index (Phi) is 5.28. The van der Waals surface area contributed by atoms with E-state index in [1.54, 1.807) is 11.3 Å². The maximum Gasteiger partial charge on any atom is 0.253 e. The van der Waals surface area contributed by atoms with Crippen LogP contribution in [0.2, 0.25) is 0 Å². The van der Waals surface area contributed by atoms with E-state index in [4.69, 9.17) is 0 Å². The van der Waals surface area contributed by atoms with Gasteiger partial charge >= 0.3 is 0 Å². The van der Waals surface area contributed by atoms with E-state index in [2.05, 4.69) is 38.3 Å². The number of thiophene rings is 1. The standard InChI is InChI=1S/C17H19BrN2OS/c18-15-5-1-4-14(12-15)17(21)20-8-3-7-19(9-10-20)13-16-6-2-11-22-16/h1-2,4-6,11-12H,3,7-10,13H2. The van der Waals surface area contributed by atoms with E-state index in [1.165, 1.54) is 4.88 Å². The summed E-state index contributed by atoms with van der Waals surface area (Å²) < 4.78 is 0.951. The van der Waals surface area contributed by atoms with Crippen LogP contribution in [0.3, 0.4) is 0 Å². The summed E-state index contributed by atoms with van der Waals surface area (Å²) in [6.45, 7) is 4.64. The third kappa shape index (κ3) is 3.97. The molecule has 1 aliphatic rings. The van der Waals surface area contributed by atoms with Crippen LogP contribution in [-0.4, -0.2) is 41.9 Å². The number of hydrogen-bond donors (Lipinski definition) is 0. The summed E-state index contributed by atoms with van der Waals surface area (Å²) in [6, 6.07) is 11.9. The topological polar surface area (TPSA) is 23.6 Å². The molecule has 0 bridgehead atoms. The molecular weight excluding hydrogens is 360 g/mol. The van der Waals surface area contributed by atoms with Gasteiger partial charge in [-0.25, -0.2) is 0 Å². The summed E-state index contributed by atoms with van der Waals surface area (Å²) in [5, 5.41) is 2.12. The minimum atomic E-state index is 0.138. The zero-order valence-corrected chi connectivity index (χ0v) is 14.8. The van der Waals surface area contributed by atoms with E-state index in [0.29, 0.717) is 0 Å². The zero-order chi connectivity index (χ0) is 15.4. The number of amides is 1. The number of halogens is 1. The van der Waals surface area contributed by atoms with Gasteiger partial charge in [-0.1, -0.05) is 28.1 Å². The molecular formula is C17H19BrN2OS. The van der Waals surface area contributed by atoms with Gasteiger partial charge in [-0.2, -0.15) is 0 Å². The lowest BCUT2D eigenvalue weighted by atomic mass is 10.2. The average Bonchev–Trinajstić information content (AvgIpc) is 2.91. The molecule has 0 spiro atoms. The van der Waals surface area contributed by atoms with Crippen molar-refractivity contribution < 1.29 is 4.79 Å². The highest BCUT2D eigenvalue weighted by Crippen LogP contribution is 2.17. The minimum Gasteiger partial charge on any atom is -0.337 e. The Balaban J connectivity index is 1.61. The van der Waals surface area contributed by atoms with Crippen molar-refractivity contribution in [2.24, 2.45) is 0 Å². The number of hydrogen-bond acceptors (Lipinski definition) is 3. The average molecular weight is 379 g/mol. The van der Waals surface area contributed by atoms with Crippen molar-refractivity contribution in [2.45, 2.75) is 13.0 Å². The molecule has 3 rings (SSSR count). The van der Waals surface area contributed by atoms with Gasteiger partial charge in [0, 0.05) is 47.6 Å². The molecule has 1 aromatic heterocycles. The van der Waals surface area contributed by atoms with Gasteiger partial charge in [0.05, 0.1) is 0 Å². The van der Waals surface area contributed by atoms with Crippen molar-refractivity contribution in [1.82, 2.24) is 9.80 Å². The van der Waals surface area contributed by atoms with Gasteiger partial charge in [-0.05, 0) is 36.1 Å². The molecule has 1 aliphatic heterocycles. The maximum atomic E-state index is 12.6. The molecule has 0 radical (unpaired) electrons. The maximum absolute atomic E-state index is 12.6. The van der Waals surface area contributed by atoms with Gasteiger partial charge < -0.3 is 4.90 Å². The molecule has 0 unspecified atom stereocenters. The second-order valence-electron chi connectivity index (χ2n) is 5.51. The highest BCUT2D eigenvalue weighted by molar-refractivity contribution is 9.10. The van der Waals surface area contributed by atoms with E-state index >= 15 is 0 Å². The Hall–Kier alpha value is -1.17. The molecule has 1 fully saturated rings. The summed E-state index contributed by atoms with van der Waals surface area (Å²) in [5.41, 5.74) is 0.765. The van der Waals surface area contributed by atoms with Crippen LogP contribution in [0.1, 0.15) is 21.7 Å². The highest BCUT2D eigenvalue weighted by Gasteiger charge is 2.20. The van der Waals surface area contributed by atoms with Crippen molar-refractivity contribution in [3.8, 4) is 0 Å². The first-order valence-electron chi connectivity index (χ1n) is 7.52. The smallest absolute Gasteiger partial charge is 0.253 e. The molecule has 1 amide bonds. The Morgan fingerprint density at radius 1 is 1.14 bits per heavy atom. The molecule has 0 atom stereocenters. The largest absolute Gasteiger partial charge is 0.337 e. The predicted octanol–water partition coefficient (Wildman–Crippen LogP) is 3.86. The van der Waals surface area contributed by atoms with Crippen LogP contribution in [0.5, 0.6) is 0 Å². The lowest BCUT2D eigenvalue weighted by Gasteiger charge is -2.22. The quantitative estimate of drug-likeness (QED) is 0.809. The first kappa shape index (κ1) is 15.7. The number of nitrogens with zero attached hydrogens (tertiary/aromatic N) is 2. The number of rotatable bonds is 3. The molecule has 0 aliphatic carbocycles. The molecule has 2 aromatic rings. The minimum absolute atomic E-state index is 0.138. The Labute approximate surface area is 143 Å². The van der Waals surface area contributed by atoms with Gasteiger partial charge in [-0.15, -0.1) is 11.3 Å². The molecule has 22 heavy (non-hydrogen) atoms. The van der Waals surface area contributed by atoms with Crippen molar-refractivity contribution in [3.05, 3.63) is 56.7 Å². The molecule has 116 valence electrons. The number of benzene rings is 1. The van der Waals surface area contributed by atoms with Crippen molar-refractivity contribution in [1.29, 1.82) is 0 Å². The van der Waals surface area contributed by atoms with E-state index < -0.39 is 0 Å². The van der Waals surface area contributed by atoms with Gasteiger partial charge in [0.25, 0.3) is 5.91 Å². The van der Waals surface area contributed by atoms with Crippen molar-refractivity contribution in [2.75, 3.05) is 26.2 Å². The van der Waals surface area contributed by atoms with E-state index in [9.17, 15) is 4.79 Å². The summed E-state index contributed by atoms with van der Waals surface area (Å²) in [6.07, 6.45) is 1.03. The van der Waals surface area contributed by atoms with Gasteiger partial charge in [0.15, 0.2) is 0 Å². The Morgan fingerprint density at radius 3 is 2.82 bits per heavy atom. The monoisotopic (exact) mass is 378 g/mol. The highest BCUT2D eigenvalue weighted by atomic mass is 79.9. The molecule has 0 N–H and O–H groups in total. The van der Waals surface area contributed by atoms with E-state index in [-0.39, 0.29) is 5.91 Å². The van der Waals surface area contributed by atoms with E-state index in [1.807, 2.05) is 29.2 Å². The Bertz CT molecular complexity index is 629. The molecule has 1 aromatic carbocycles. The third-order valence-corrected chi connectivity index (χ3v) is 5.26. The normalized spacial score (nSPS) is 16.5. The fraction of sp³-hybridized carbons (Fsp3) is 0.353. The van der Waals surface area contributed by atoms with Crippen LogP contribution in [0.4, 0.5) is 0 Å². The van der Waals surface area contributed by atoms with Gasteiger partial charge in [0.2, 0.25) is 0 Å². The Morgan fingerprint density at radius 2 is 2.05 bits per heavy atom. The zero-order valence-electron chi connectivity index (χ0n) is 12.4. The van der Waals surface area contributed by atoms with Crippen molar-refractivity contribution in [3.63, 3.8) is 0 Å². The molecule has 5 heteroatoms. The number of carbonyl (C=O) groups is 1. The second kappa shape index (κ2) is 7.40. The van der Waals surface area contributed by atoms with Crippen molar-refractivity contribution >= 4 is 33.2 Å². The van der Waals surface area contributed by atoms with Crippen LogP contribution in [-0.2, 0) is 6.54 Å². The summed E-state index contributed by atoms with van der Waals surface area (Å²) in [5.74, 6) is 0.138. The third-order valence-electron chi connectivity index (χ3n) is 3.91. The SMILES string of the molecule is O=C(c1cccc(Br)c1)N1CCCN(Cc2cccs2)CC1. The first-order valence-corrected chi connectivity index (χ1v) is 9.19. The van der Waals surface area contributed by atoms with Crippen LogP contribution >= 0.6 is 27.3 Å². The summed E-state index contributed by atoms with van der Waals surface area (Å²) >= 11 is 5.24. The van der Waals surface area contributed by atoms with Crippen LogP contribution < -0.4 is 0 Å². The van der Waals surface area contributed by atoms with Crippen LogP contribution in [0, 0.1) is 0 Å². The molecule has 3 nitrogen and oxygen atoms in total. The van der Waals surface area contributed by atoms with Gasteiger partial charge in [-0.3, -0.25) is 9.69 Å². The molecule has 0 saturated carbocycles. The lowest BCUT2D eigenvalue weighted by Crippen LogP contribution is -2.35. The predicted molar refractivity (Wildman–Crippen MR) is 94.3 cm³/mol. The summed E-state index contributed by atoms with van der Waals surface area (Å²) in [4.78, 5) is 18.4.